The zero-order valence-electron chi connectivity index (χ0n) is 12.3. The molecule has 0 spiro atoms. The van der Waals surface area contributed by atoms with Crippen LogP contribution < -0.4 is 5.32 Å². The molecular weight excluding hydrogens is 308 g/mol. The van der Waals surface area contributed by atoms with Crippen molar-refractivity contribution in [2.24, 2.45) is 0 Å². The number of anilines is 1. The van der Waals surface area contributed by atoms with Gasteiger partial charge >= 0.3 is 5.97 Å². The Labute approximate surface area is 138 Å². The summed E-state index contributed by atoms with van der Waals surface area (Å²) in [6, 6.07) is 18.7. The fraction of sp³-hybridized carbons (Fsp3) is 0.111. The number of hydrogen-bond acceptors (Lipinski definition) is 4. The van der Waals surface area contributed by atoms with Crippen LogP contribution in [-0.2, 0) is 11.2 Å². The van der Waals surface area contributed by atoms with Gasteiger partial charge in [0.1, 0.15) is 6.04 Å². The van der Waals surface area contributed by atoms with E-state index in [2.05, 4.69) is 10.3 Å². The molecule has 0 fully saturated rings. The number of aromatic nitrogens is 1. The SMILES string of the molecule is O=C(O)[C@H](Cc1ccccc1)Nc1nc(-c2ccccc2)cs1. The van der Waals surface area contributed by atoms with Crippen molar-refractivity contribution >= 4 is 22.4 Å². The van der Waals surface area contributed by atoms with Crippen LogP contribution in [0.15, 0.2) is 66.0 Å². The Hall–Kier alpha value is -2.66. The van der Waals surface area contributed by atoms with Crippen LogP contribution in [0.5, 0.6) is 0 Å². The molecule has 0 saturated heterocycles. The second-order valence-corrected chi connectivity index (χ2v) is 5.99. The van der Waals surface area contributed by atoms with Crippen molar-refractivity contribution < 1.29 is 9.90 Å². The van der Waals surface area contributed by atoms with Crippen molar-refractivity contribution in [2.75, 3.05) is 5.32 Å². The minimum absolute atomic E-state index is 0.413. The molecular formula is C18H16N2O2S. The average Bonchev–Trinajstić information content (AvgIpc) is 3.04. The number of thiazole rings is 1. The quantitative estimate of drug-likeness (QED) is 0.721. The molecule has 0 unspecified atom stereocenters. The third-order valence-electron chi connectivity index (χ3n) is 3.45. The highest BCUT2D eigenvalue weighted by Gasteiger charge is 2.19. The Bertz CT molecular complexity index is 772. The van der Waals surface area contributed by atoms with Crippen LogP contribution in [0, 0.1) is 0 Å². The van der Waals surface area contributed by atoms with Crippen molar-refractivity contribution in [3.8, 4) is 11.3 Å². The van der Waals surface area contributed by atoms with Gasteiger partial charge in [0.15, 0.2) is 5.13 Å². The number of carboxylic acid groups (broad SMARTS) is 1. The highest BCUT2D eigenvalue weighted by Crippen LogP contribution is 2.25. The topological polar surface area (TPSA) is 62.2 Å². The summed E-state index contributed by atoms with van der Waals surface area (Å²) < 4.78 is 0. The first-order valence-corrected chi connectivity index (χ1v) is 8.14. The molecule has 1 atom stereocenters. The zero-order valence-corrected chi connectivity index (χ0v) is 13.2. The van der Waals surface area contributed by atoms with E-state index >= 15 is 0 Å². The lowest BCUT2D eigenvalue weighted by Gasteiger charge is -2.13. The lowest BCUT2D eigenvalue weighted by atomic mass is 10.1. The number of aliphatic carboxylic acids is 1. The van der Waals surface area contributed by atoms with Gasteiger partial charge in [0, 0.05) is 17.4 Å². The van der Waals surface area contributed by atoms with Crippen molar-refractivity contribution in [2.45, 2.75) is 12.5 Å². The smallest absolute Gasteiger partial charge is 0.326 e. The second kappa shape index (κ2) is 7.07. The Morgan fingerprint density at radius 2 is 1.74 bits per heavy atom. The number of nitrogens with one attached hydrogen (secondary N) is 1. The number of hydrogen-bond donors (Lipinski definition) is 2. The molecule has 4 nitrogen and oxygen atoms in total. The lowest BCUT2D eigenvalue weighted by Crippen LogP contribution is -2.31. The van der Waals surface area contributed by atoms with E-state index in [1.54, 1.807) is 0 Å². The van der Waals surface area contributed by atoms with E-state index in [1.165, 1.54) is 11.3 Å². The van der Waals surface area contributed by atoms with Gasteiger partial charge in [-0.2, -0.15) is 0 Å². The van der Waals surface area contributed by atoms with E-state index in [0.29, 0.717) is 11.6 Å². The fourth-order valence-corrected chi connectivity index (χ4v) is 3.05. The van der Waals surface area contributed by atoms with Crippen LogP contribution in [0.2, 0.25) is 0 Å². The summed E-state index contributed by atoms with van der Waals surface area (Å²) in [7, 11) is 0. The highest BCUT2D eigenvalue weighted by atomic mass is 32.1. The van der Waals surface area contributed by atoms with Gasteiger partial charge in [0.2, 0.25) is 0 Å². The second-order valence-electron chi connectivity index (χ2n) is 5.13. The van der Waals surface area contributed by atoms with Crippen molar-refractivity contribution in [3.05, 3.63) is 71.6 Å². The highest BCUT2D eigenvalue weighted by molar-refractivity contribution is 7.14. The van der Waals surface area contributed by atoms with Gasteiger partial charge in [-0.15, -0.1) is 11.3 Å². The molecule has 3 aromatic rings. The minimum atomic E-state index is -0.884. The van der Waals surface area contributed by atoms with Gasteiger partial charge in [0.05, 0.1) is 5.69 Å². The molecule has 1 aromatic heterocycles. The van der Waals surface area contributed by atoms with E-state index in [4.69, 9.17) is 0 Å². The maximum absolute atomic E-state index is 11.5. The Balaban J connectivity index is 1.74. The molecule has 2 aromatic carbocycles. The van der Waals surface area contributed by atoms with Gasteiger partial charge in [-0.05, 0) is 5.56 Å². The fourth-order valence-electron chi connectivity index (χ4n) is 2.28. The first-order valence-electron chi connectivity index (χ1n) is 7.26. The standard InChI is InChI=1S/C18H16N2O2S/c21-17(22)15(11-13-7-3-1-4-8-13)19-18-20-16(12-23-18)14-9-5-2-6-10-14/h1-10,12,15H,11H2,(H,19,20)(H,21,22)/t15-/m0/s1. The molecule has 5 heteroatoms. The number of carboxylic acids is 1. The van der Waals surface area contributed by atoms with Crippen LogP contribution in [0.25, 0.3) is 11.3 Å². The van der Waals surface area contributed by atoms with Crippen molar-refractivity contribution in [1.82, 2.24) is 4.98 Å². The van der Waals surface area contributed by atoms with Gasteiger partial charge in [0.25, 0.3) is 0 Å². The number of carbonyl (C=O) groups is 1. The van der Waals surface area contributed by atoms with Crippen LogP contribution in [-0.4, -0.2) is 22.1 Å². The van der Waals surface area contributed by atoms with E-state index in [9.17, 15) is 9.90 Å². The summed E-state index contributed by atoms with van der Waals surface area (Å²) in [4.78, 5) is 16.0. The molecule has 23 heavy (non-hydrogen) atoms. The van der Waals surface area contributed by atoms with E-state index in [0.717, 1.165) is 16.8 Å². The molecule has 1 heterocycles. The summed E-state index contributed by atoms with van der Waals surface area (Å²) in [5.74, 6) is -0.884. The molecule has 3 rings (SSSR count). The molecule has 2 N–H and O–H groups in total. The first-order chi connectivity index (χ1) is 11.2. The predicted molar refractivity (Wildman–Crippen MR) is 92.7 cm³/mol. The van der Waals surface area contributed by atoms with E-state index in [-0.39, 0.29) is 0 Å². The molecule has 0 amide bonds. The third-order valence-corrected chi connectivity index (χ3v) is 4.23. The summed E-state index contributed by atoms with van der Waals surface area (Å²) >= 11 is 1.42. The largest absolute Gasteiger partial charge is 0.480 e. The monoisotopic (exact) mass is 324 g/mol. The Kier molecular flexibility index (Phi) is 4.68. The summed E-state index contributed by atoms with van der Waals surface area (Å²) in [5, 5.41) is 15.0. The maximum atomic E-state index is 11.5. The molecule has 0 aliphatic rings. The van der Waals surface area contributed by atoms with Gasteiger partial charge in [-0.3, -0.25) is 0 Å². The number of rotatable bonds is 6. The van der Waals surface area contributed by atoms with Gasteiger partial charge in [-0.1, -0.05) is 60.7 Å². The molecule has 0 aliphatic heterocycles. The zero-order chi connectivity index (χ0) is 16.1. The van der Waals surface area contributed by atoms with Crippen LogP contribution >= 0.6 is 11.3 Å². The normalized spacial score (nSPS) is 11.8. The lowest BCUT2D eigenvalue weighted by molar-refractivity contribution is -0.137. The molecule has 0 bridgehead atoms. The van der Waals surface area contributed by atoms with Crippen LogP contribution in [0.4, 0.5) is 5.13 Å². The first kappa shape index (κ1) is 15.2. The Morgan fingerprint density at radius 1 is 1.09 bits per heavy atom. The van der Waals surface area contributed by atoms with Crippen LogP contribution in [0.1, 0.15) is 5.56 Å². The minimum Gasteiger partial charge on any atom is -0.480 e. The van der Waals surface area contributed by atoms with Gasteiger partial charge in [-0.25, -0.2) is 9.78 Å². The Morgan fingerprint density at radius 3 is 2.39 bits per heavy atom. The molecule has 116 valence electrons. The molecule has 0 saturated carbocycles. The average molecular weight is 324 g/mol. The van der Waals surface area contributed by atoms with Crippen molar-refractivity contribution in [3.63, 3.8) is 0 Å². The van der Waals surface area contributed by atoms with Crippen molar-refractivity contribution in [1.29, 1.82) is 0 Å². The van der Waals surface area contributed by atoms with Gasteiger partial charge < -0.3 is 10.4 Å². The maximum Gasteiger partial charge on any atom is 0.326 e. The number of nitrogens with zero attached hydrogens (tertiary/aromatic N) is 1. The number of benzene rings is 2. The molecule has 0 aliphatic carbocycles. The summed E-state index contributed by atoms with van der Waals surface area (Å²) in [6.45, 7) is 0. The third kappa shape index (κ3) is 3.96. The van der Waals surface area contributed by atoms with E-state index < -0.39 is 12.0 Å². The predicted octanol–water partition coefficient (Wildman–Crippen LogP) is 3.92. The summed E-state index contributed by atoms with van der Waals surface area (Å²) in [5.41, 5.74) is 2.85. The summed E-state index contributed by atoms with van der Waals surface area (Å²) in [6.07, 6.45) is 0.413. The molecule has 0 radical (unpaired) electrons. The van der Waals surface area contributed by atoms with Crippen LogP contribution in [0.3, 0.4) is 0 Å². The van der Waals surface area contributed by atoms with E-state index in [1.807, 2.05) is 66.0 Å².